The first kappa shape index (κ1) is 16.0. The molecule has 0 aliphatic heterocycles. The lowest BCUT2D eigenvalue weighted by Crippen LogP contribution is -2.25. The standard InChI is InChI=1S/C14H20N4OS2/c1-10(2)9-21-14-17-16-12(18(14)3)6-7-15-13(19)11-5-4-8-20-11/h4-5,8,10H,6-7,9H2,1-3H3,(H,15,19). The summed E-state index contributed by atoms with van der Waals surface area (Å²) in [6.45, 7) is 4.94. The second-order valence-corrected chi connectivity index (χ2v) is 7.08. The van der Waals surface area contributed by atoms with Crippen LogP contribution in [0.3, 0.4) is 0 Å². The summed E-state index contributed by atoms with van der Waals surface area (Å²) < 4.78 is 2.00. The molecule has 0 saturated heterocycles. The molecule has 2 aromatic rings. The molecule has 5 nitrogen and oxygen atoms in total. The van der Waals surface area contributed by atoms with Crippen LogP contribution in [0.5, 0.6) is 0 Å². The van der Waals surface area contributed by atoms with E-state index in [0.29, 0.717) is 18.9 Å². The van der Waals surface area contributed by atoms with Gasteiger partial charge < -0.3 is 9.88 Å². The van der Waals surface area contributed by atoms with Crippen LogP contribution in [0.2, 0.25) is 0 Å². The number of thiophene rings is 1. The number of nitrogens with one attached hydrogen (secondary N) is 1. The van der Waals surface area contributed by atoms with E-state index in [2.05, 4.69) is 29.4 Å². The van der Waals surface area contributed by atoms with E-state index in [-0.39, 0.29) is 5.91 Å². The van der Waals surface area contributed by atoms with E-state index in [0.717, 1.165) is 21.6 Å². The van der Waals surface area contributed by atoms with Gasteiger partial charge in [0.1, 0.15) is 5.82 Å². The summed E-state index contributed by atoms with van der Waals surface area (Å²) in [5, 5.41) is 14.1. The van der Waals surface area contributed by atoms with Crippen LogP contribution < -0.4 is 5.32 Å². The molecule has 7 heteroatoms. The fourth-order valence-corrected chi connectivity index (χ4v) is 3.23. The van der Waals surface area contributed by atoms with Gasteiger partial charge in [-0.15, -0.1) is 21.5 Å². The van der Waals surface area contributed by atoms with Gasteiger partial charge in [-0.3, -0.25) is 4.79 Å². The van der Waals surface area contributed by atoms with Crippen molar-refractivity contribution in [1.29, 1.82) is 0 Å². The minimum absolute atomic E-state index is 0.0263. The lowest BCUT2D eigenvalue weighted by Gasteiger charge is -2.06. The van der Waals surface area contributed by atoms with Crippen LogP contribution in [0.15, 0.2) is 22.7 Å². The zero-order valence-corrected chi connectivity index (χ0v) is 14.1. The molecule has 0 aliphatic carbocycles. The average Bonchev–Trinajstić information content (AvgIpc) is 3.08. The SMILES string of the molecule is CC(C)CSc1nnc(CCNC(=O)c2cccs2)n1C. The minimum atomic E-state index is -0.0263. The smallest absolute Gasteiger partial charge is 0.261 e. The monoisotopic (exact) mass is 324 g/mol. The fourth-order valence-electron chi connectivity index (χ4n) is 1.71. The van der Waals surface area contributed by atoms with Crippen LogP contribution in [-0.2, 0) is 13.5 Å². The van der Waals surface area contributed by atoms with Crippen molar-refractivity contribution in [3.05, 3.63) is 28.2 Å². The topological polar surface area (TPSA) is 59.8 Å². The van der Waals surface area contributed by atoms with Crippen molar-refractivity contribution in [3.63, 3.8) is 0 Å². The predicted octanol–water partition coefficient (Wildman–Crippen LogP) is 2.60. The van der Waals surface area contributed by atoms with Crippen molar-refractivity contribution in [2.75, 3.05) is 12.3 Å². The van der Waals surface area contributed by atoms with E-state index in [1.54, 1.807) is 11.8 Å². The third kappa shape index (κ3) is 4.57. The zero-order valence-electron chi connectivity index (χ0n) is 12.5. The number of aromatic nitrogens is 3. The van der Waals surface area contributed by atoms with Gasteiger partial charge in [-0.25, -0.2) is 0 Å². The Morgan fingerprint density at radius 2 is 2.29 bits per heavy atom. The molecular weight excluding hydrogens is 304 g/mol. The molecular formula is C14H20N4OS2. The van der Waals surface area contributed by atoms with Crippen molar-refractivity contribution >= 4 is 29.0 Å². The Labute approximate surface area is 133 Å². The second-order valence-electron chi connectivity index (χ2n) is 5.15. The molecule has 2 aromatic heterocycles. The number of carbonyl (C=O) groups is 1. The quantitative estimate of drug-likeness (QED) is 0.795. The number of carbonyl (C=O) groups excluding carboxylic acids is 1. The lowest BCUT2D eigenvalue weighted by atomic mass is 10.3. The van der Waals surface area contributed by atoms with Gasteiger partial charge >= 0.3 is 0 Å². The lowest BCUT2D eigenvalue weighted by molar-refractivity contribution is 0.0958. The molecule has 0 spiro atoms. The highest BCUT2D eigenvalue weighted by Gasteiger charge is 2.11. The molecule has 0 bridgehead atoms. The van der Waals surface area contributed by atoms with Crippen LogP contribution >= 0.6 is 23.1 Å². The van der Waals surface area contributed by atoms with Gasteiger partial charge in [0.2, 0.25) is 0 Å². The highest BCUT2D eigenvalue weighted by atomic mass is 32.2. The normalized spacial score (nSPS) is 11.0. The molecule has 21 heavy (non-hydrogen) atoms. The molecule has 0 unspecified atom stereocenters. The Kier molecular flexibility index (Phi) is 5.81. The van der Waals surface area contributed by atoms with E-state index < -0.39 is 0 Å². The Hall–Kier alpha value is -1.34. The van der Waals surface area contributed by atoms with Gasteiger partial charge in [-0.1, -0.05) is 31.7 Å². The van der Waals surface area contributed by atoms with Gasteiger partial charge in [-0.05, 0) is 17.4 Å². The number of rotatable bonds is 7. The van der Waals surface area contributed by atoms with Crippen LogP contribution in [0.25, 0.3) is 0 Å². The number of nitrogens with zero attached hydrogens (tertiary/aromatic N) is 3. The molecule has 2 rings (SSSR count). The first-order valence-electron chi connectivity index (χ1n) is 6.90. The van der Waals surface area contributed by atoms with Crippen molar-refractivity contribution in [2.45, 2.75) is 25.4 Å². The number of hydrogen-bond donors (Lipinski definition) is 1. The number of amides is 1. The van der Waals surface area contributed by atoms with E-state index in [9.17, 15) is 4.79 Å². The van der Waals surface area contributed by atoms with E-state index >= 15 is 0 Å². The molecule has 0 atom stereocenters. The van der Waals surface area contributed by atoms with Gasteiger partial charge in [0.15, 0.2) is 5.16 Å². The van der Waals surface area contributed by atoms with Crippen LogP contribution in [0.1, 0.15) is 29.3 Å². The van der Waals surface area contributed by atoms with Crippen molar-refractivity contribution in [3.8, 4) is 0 Å². The molecule has 0 saturated carbocycles. The molecule has 0 radical (unpaired) electrons. The number of hydrogen-bond acceptors (Lipinski definition) is 5. The maximum Gasteiger partial charge on any atom is 0.261 e. The van der Waals surface area contributed by atoms with Crippen molar-refractivity contribution in [2.24, 2.45) is 13.0 Å². The summed E-state index contributed by atoms with van der Waals surface area (Å²) in [4.78, 5) is 12.6. The van der Waals surface area contributed by atoms with Crippen LogP contribution in [0, 0.1) is 5.92 Å². The van der Waals surface area contributed by atoms with Gasteiger partial charge in [0, 0.05) is 25.8 Å². The second kappa shape index (κ2) is 7.61. The van der Waals surface area contributed by atoms with E-state index in [1.165, 1.54) is 11.3 Å². The first-order chi connectivity index (χ1) is 10.1. The summed E-state index contributed by atoms with van der Waals surface area (Å²) in [5.41, 5.74) is 0. The highest BCUT2D eigenvalue weighted by molar-refractivity contribution is 7.99. The van der Waals surface area contributed by atoms with Crippen LogP contribution in [-0.4, -0.2) is 33.0 Å². The summed E-state index contributed by atoms with van der Waals surface area (Å²) in [6.07, 6.45) is 0.683. The summed E-state index contributed by atoms with van der Waals surface area (Å²) in [7, 11) is 1.97. The molecule has 0 fully saturated rings. The van der Waals surface area contributed by atoms with E-state index in [1.807, 2.05) is 29.1 Å². The molecule has 1 N–H and O–H groups in total. The summed E-state index contributed by atoms with van der Waals surface area (Å²) >= 11 is 3.16. The molecule has 114 valence electrons. The van der Waals surface area contributed by atoms with Gasteiger partial charge in [0.05, 0.1) is 4.88 Å². The first-order valence-corrected chi connectivity index (χ1v) is 8.77. The van der Waals surface area contributed by atoms with Gasteiger partial charge in [-0.2, -0.15) is 0 Å². The molecule has 2 heterocycles. The molecule has 1 amide bonds. The number of thioether (sulfide) groups is 1. The summed E-state index contributed by atoms with van der Waals surface area (Å²) in [6, 6.07) is 3.70. The van der Waals surface area contributed by atoms with Crippen LogP contribution in [0.4, 0.5) is 0 Å². The zero-order chi connectivity index (χ0) is 15.2. The fraction of sp³-hybridized carbons (Fsp3) is 0.500. The predicted molar refractivity (Wildman–Crippen MR) is 86.9 cm³/mol. The molecule has 0 aromatic carbocycles. The highest BCUT2D eigenvalue weighted by Crippen LogP contribution is 2.18. The minimum Gasteiger partial charge on any atom is -0.351 e. The molecule has 0 aliphatic rings. The van der Waals surface area contributed by atoms with Crippen molar-refractivity contribution in [1.82, 2.24) is 20.1 Å². The van der Waals surface area contributed by atoms with Gasteiger partial charge in [0.25, 0.3) is 5.91 Å². The summed E-state index contributed by atoms with van der Waals surface area (Å²) in [5.74, 6) is 2.52. The Morgan fingerprint density at radius 1 is 1.48 bits per heavy atom. The maximum atomic E-state index is 11.8. The Balaban J connectivity index is 1.82. The van der Waals surface area contributed by atoms with Crippen molar-refractivity contribution < 1.29 is 4.79 Å². The maximum absolute atomic E-state index is 11.8. The Bertz CT molecular complexity index is 578. The van der Waals surface area contributed by atoms with E-state index in [4.69, 9.17) is 0 Å². The average molecular weight is 324 g/mol. The third-order valence-electron chi connectivity index (χ3n) is 2.85. The third-order valence-corrected chi connectivity index (χ3v) is 5.17. The Morgan fingerprint density at radius 3 is 2.95 bits per heavy atom. The largest absolute Gasteiger partial charge is 0.351 e.